The maximum atomic E-state index is 11.1. The van der Waals surface area contributed by atoms with Crippen LogP contribution in [0.2, 0.25) is 5.02 Å². The van der Waals surface area contributed by atoms with Crippen LogP contribution in [0.4, 0.5) is 5.69 Å². The predicted molar refractivity (Wildman–Crippen MR) is 73.0 cm³/mol. The first-order chi connectivity index (χ1) is 9.06. The van der Waals surface area contributed by atoms with Gasteiger partial charge >= 0.3 is 0 Å². The lowest BCUT2D eigenvalue weighted by molar-refractivity contribution is 0.100. The Morgan fingerprint density at radius 2 is 2.16 bits per heavy atom. The first-order valence-electron chi connectivity index (χ1n) is 5.49. The van der Waals surface area contributed by atoms with Gasteiger partial charge in [0, 0.05) is 11.1 Å². The number of pyridine rings is 1. The summed E-state index contributed by atoms with van der Waals surface area (Å²) in [6, 6.07) is 8.68. The molecule has 0 spiro atoms. The summed E-state index contributed by atoms with van der Waals surface area (Å²) in [7, 11) is 0. The van der Waals surface area contributed by atoms with E-state index in [0.29, 0.717) is 5.02 Å². The molecule has 1 heterocycles. The Morgan fingerprint density at radius 3 is 2.84 bits per heavy atom. The molecule has 19 heavy (non-hydrogen) atoms. The second-order valence-corrected chi connectivity index (χ2v) is 4.33. The second kappa shape index (κ2) is 5.58. The molecule has 2 rings (SSSR count). The summed E-state index contributed by atoms with van der Waals surface area (Å²) in [6.45, 7) is 0.287. The number of aromatic nitrogens is 1. The van der Waals surface area contributed by atoms with E-state index in [2.05, 4.69) is 4.98 Å². The van der Waals surface area contributed by atoms with Gasteiger partial charge in [-0.15, -0.1) is 0 Å². The van der Waals surface area contributed by atoms with Gasteiger partial charge < -0.3 is 16.2 Å². The second-order valence-electron chi connectivity index (χ2n) is 3.89. The van der Waals surface area contributed by atoms with Crippen LogP contribution in [0.1, 0.15) is 15.9 Å². The molecular formula is C13H12ClN3O2. The van der Waals surface area contributed by atoms with Gasteiger partial charge in [-0.05, 0) is 17.7 Å². The van der Waals surface area contributed by atoms with E-state index in [9.17, 15) is 4.79 Å². The van der Waals surface area contributed by atoms with E-state index in [4.69, 9.17) is 27.8 Å². The molecule has 2 aromatic rings. The average molecular weight is 278 g/mol. The number of nitrogens with two attached hydrogens (primary N) is 2. The van der Waals surface area contributed by atoms with E-state index in [1.807, 2.05) is 12.1 Å². The molecule has 5 nitrogen and oxygen atoms in total. The summed E-state index contributed by atoms with van der Waals surface area (Å²) >= 11 is 5.87. The number of anilines is 1. The summed E-state index contributed by atoms with van der Waals surface area (Å²) in [5, 5.41) is 0.629. The minimum absolute atomic E-state index is 0.191. The highest BCUT2D eigenvalue weighted by Gasteiger charge is 2.08. The topological polar surface area (TPSA) is 91.2 Å². The van der Waals surface area contributed by atoms with Crippen molar-refractivity contribution in [1.29, 1.82) is 0 Å². The molecule has 0 fully saturated rings. The lowest BCUT2D eigenvalue weighted by Gasteiger charge is -2.07. The Hall–Kier alpha value is -2.27. The number of ether oxygens (including phenoxy) is 1. The highest BCUT2D eigenvalue weighted by molar-refractivity contribution is 6.30. The van der Waals surface area contributed by atoms with Crippen molar-refractivity contribution < 1.29 is 9.53 Å². The molecule has 0 atom stereocenters. The van der Waals surface area contributed by atoms with Gasteiger partial charge in [0.1, 0.15) is 6.61 Å². The van der Waals surface area contributed by atoms with Crippen LogP contribution < -0.4 is 16.2 Å². The van der Waals surface area contributed by atoms with E-state index in [0.717, 1.165) is 5.56 Å². The largest absolute Gasteiger partial charge is 0.473 e. The molecule has 0 aliphatic carbocycles. The minimum Gasteiger partial charge on any atom is -0.473 e. The van der Waals surface area contributed by atoms with Gasteiger partial charge in [-0.3, -0.25) is 4.79 Å². The number of primary amides is 1. The zero-order valence-corrected chi connectivity index (χ0v) is 10.7. The number of hydrogen-bond acceptors (Lipinski definition) is 4. The minimum atomic E-state index is -0.618. The predicted octanol–water partition coefficient (Wildman–Crippen LogP) is 2.00. The number of benzene rings is 1. The normalized spacial score (nSPS) is 10.2. The van der Waals surface area contributed by atoms with Crippen LogP contribution in [0.15, 0.2) is 36.5 Å². The molecule has 4 N–H and O–H groups in total. The van der Waals surface area contributed by atoms with Crippen molar-refractivity contribution in [3.63, 3.8) is 0 Å². The fraction of sp³-hybridized carbons (Fsp3) is 0.0769. The third-order valence-electron chi connectivity index (χ3n) is 2.45. The smallest absolute Gasteiger partial charge is 0.251 e. The summed E-state index contributed by atoms with van der Waals surface area (Å²) in [5.74, 6) is -0.338. The molecule has 0 unspecified atom stereocenters. The van der Waals surface area contributed by atoms with Gasteiger partial charge in [0.15, 0.2) is 0 Å². The lowest BCUT2D eigenvalue weighted by Crippen LogP contribution is -2.14. The first kappa shape index (κ1) is 13.2. The Balaban J connectivity index is 2.12. The number of hydrogen-bond donors (Lipinski definition) is 2. The van der Waals surface area contributed by atoms with Crippen molar-refractivity contribution in [2.24, 2.45) is 5.73 Å². The van der Waals surface area contributed by atoms with Crippen molar-refractivity contribution in [2.45, 2.75) is 6.61 Å². The summed E-state index contributed by atoms with van der Waals surface area (Å²) in [4.78, 5) is 15.1. The summed E-state index contributed by atoms with van der Waals surface area (Å²) < 4.78 is 5.46. The van der Waals surface area contributed by atoms with Crippen molar-refractivity contribution in [3.8, 4) is 5.88 Å². The number of amides is 1. The van der Waals surface area contributed by atoms with Crippen LogP contribution in [-0.4, -0.2) is 10.9 Å². The number of nitrogen functional groups attached to an aromatic ring is 1. The van der Waals surface area contributed by atoms with E-state index in [-0.39, 0.29) is 23.7 Å². The van der Waals surface area contributed by atoms with Crippen LogP contribution in [0.3, 0.4) is 0 Å². The van der Waals surface area contributed by atoms with Crippen LogP contribution in [-0.2, 0) is 6.61 Å². The number of nitrogens with zero attached hydrogens (tertiary/aromatic N) is 1. The van der Waals surface area contributed by atoms with Crippen molar-refractivity contribution in [2.75, 3.05) is 5.73 Å². The van der Waals surface area contributed by atoms with Crippen LogP contribution in [0.5, 0.6) is 5.88 Å². The van der Waals surface area contributed by atoms with Gasteiger partial charge in [-0.1, -0.05) is 23.7 Å². The van der Waals surface area contributed by atoms with Crippen molar-refractivity contribution >= 4 is 23.2 Å². The molecule has 0 saturated carbocycles. The van der Waals surface area contributed by atoms with Gasteiger partial charge in [0.05, 0.1) is 17.4 Å². The van der Waals surface area contributed by atoms with Crippen LogP contribution >= 0.6 is 11.6 Å². The average Bonchev–Trinajstić information content (AvgIpc) is 2.37. The van der Waals surface area contributed by atoms with Crippen LogP contribution in [0, 0.1) is 0 Å². The van der Waals surface area contributed by atoms with Crippen LogP contribution in [0.25, 0.3) is 0 Å². The Morgan fingerprint density at radius 1 is 1.37 bits per heavy atom. The standard InChI is InChI=1S/C13H12ClN3O2/c14-9-3-1-2-8(4-9)7-19-12-5-10(13(16)18)11(15)6-17-12/h1-6H,7,15H2,(H2,16,18). The fourth-order valence-corrected chi connectivity index (χ4v) is 1.74. The monoisotopic (exact) mass is 277 g/mol. The third kappa shape index (κ3) is 3.35. The van der Waals surface area contributed by atoms with E-state index in [1.165, 1.54) is 12.3 Å². The molecule has 1 aromatic carbocycles. The Labute approximate surface area is 115 Å². The number of rotatable bonds is 4. The molecule has 6 heteroatoms. The van der Waals surface area contributed by atoms with Gasteiger partial charge in [0.25, 0.3) is 5.91 Å². The maximum Gasteiger partial charge on any atom is 0.251 e. The first-order valence-corrected chi connectivity index (χ1v) is 5.86. The van der Waals surface area contributed by atoms with E-state index in [1.54, 1.807) is 12.1 Å². The van der Waals surface area contributed by atoms with Gasteiger partial charge in [-0.25, -0.2) is 4.98 Å². The molecule has 0 aliphatic rings. The molecule has 1 amide bonds. The number of carbonyl (C=O) groups excluding carboxylic acids is 1. The molecule has 0 saturated heterocycles. The van der Waals surface area contributed by atoms with E-state index >= 15 is 0 Å². The maximum absolute atomic E-state index is 11.1. The molecular weight excluding hydrogens is 266 g/mol. The molecule has 0 bridgehead atoms. The fourth-order valence-electron chi connectivity index (χ4n) is 1.52. The van der Waals surface area contributed by atoms with E-state index < -0.39 is 5.91 Å². The highest BCUT2D eigenvalue weighted by atomic mass is 35.5. The molecule has 0 aliphatic heterocycles. The zero-order valence-electron chi connectivity index (χ0n) is 9.97. The zero-order chi connectivity index (χ0) is 13.8. The Kier molecular flexibility index (Phi) is 3.87. The van der Waals surface area contributed by atoms with Crippen molar-refractivity contribution in [3.05, 3.63) is 52.7 Å². The number of halogens is 1. The third-order valence-corrected chi connectivity index (χ3v) is 2.69. The van der Waals surface area contributed by atoms with Crippen molar-refractivity contribution in [1.82, 2.24) is 4.98 Å². The van der Waals surface area contributed by atoms with Gasteiger partial charge in [0.2, 0.25) is 5.88 Å². The quantitative estimate of drug-likeness (QED) is 0.894. The Bertz CT molecular complexity index is 617. The SMILES string of the molecule is NC(=O)c1cc(OCc2cccc(Cl)c2)ncc1N. The summed E-state index contributed by atoms with van der Waals surface area (Å²) in [5.41, 5.74) is 12.1. The molecule has 0 radical (unpaired) electrons. The molecule has 98 valence electrons. The highest BCUT2D eigenvalue weighted by Crippen LogP contribution is 2.18. The molecule has 1 aromatic heterocycles. The number of carbonyl (C=O) groups is 1. The lowest BCUT2D eigenvalue weighted by atomic mass is 10.2. The summed E-state index contributed by atoms with van der Waals surface area (Å²) in [6.07, 6.45) is 1.34. The van der Waals surface area contributed by atoms with Gasteiger partial charge in [-0.2, -0.15) is 0 Å².